The molecule has 168 valence electrons. The van der Waals surface area contributed by atoms with Crippen molar-refractivity contribution in [1.29, 1.82) is 0 Å². The number of carbonyl (C=O) groups is 1. The molecule has 9 heteroatoms. The highest BCUT2D eigenvalue weighted by molar-refractivity contribution is 6.30. The van der Waals surface area contributed by atoms with Gasteiger partial charge in [-0.3, -0.25) is 4.90 Å². The van der Waals surface area contributed by atoms with Gasteiger partial charge in [0.15, 0.2) is 0 Å². The van der Waals surface area contributed by atoms with Crippen LogP contribution in [0.15, 0.2) is 42.7 Å². The first-order valence-corrected chi connectivity index (χ1v) is 11.1. The zero-order chi connectivity index (χ0) is 23.0. The summed E-state index contributed by atoms with van der Waals surface area (Å²) in [4.78, 5) is 29.9. The Morgan fingerprint density at radius 2 is 1.84 bits per heavy atom. The van der Waals surface area contributed by atoms with Gasteiger partial charge in [0.25, 0.3) is 0 Å². The molecule has 0 spiro atoms. The topological polar surface area (TPSA) is 79.2 Å². The summed E-state index contributed by atoms with van der Waals surface area (Å²) >= 11 is 6.01. The fourth-order valence-electron chi connectivity index (χ4n) is 3.93. The Morgan fingerprint density at radius 1 is 1.12 bits per heavy atom. The molecule has 8 nitrogen and oxygen atoms in total. The second-order valence-corrected chi connectivity index (χ2v) is 8.94. The number of aryl methyl sites for hydroxylation is 1. The monoisotopic (exact) mass is 453 g/mol. The van der Waals surface area contributed by atoms with Crippen LogP contribution in [0.5, 0.6) is 0 Å². The van der Waals surface area contributed by atoms with Gasteiger partial charge in [-0.1, -0.05) is 25.4 Å². The van der Waals surface area contributed by atoms with E-state index in [-0.39, 0.29) is 18.1 Å². The van der Waals surface area contributed by atoms with E-state index in [4.69, 9.17) is 16.6 Å². The maximum Gasteiger partial charge on any atom is 0.325 e. The Labute approximate surface area is 193 Å². The van der Waals surface area contributed by atoms with E-state index in [1.54, 1.807) is 22.1 Å². The molecule has 0 unspecified atom stereocenters. The van der Waals surface area contributed by atoms with Crippen LogP contribution in [-0.4, -0.2) is 50.1 Å². The number of amides is 2. The van der Waals surface area contributed by atoms with E-state index in [9.17, 15) is 4.79 Å². The molecule has 2 atom stereocenters. The Kier molecular flexibility index (Phi) is 6.06. The van der Waals surface area contributed by atoms with Gasteiger partial charge in [-0.05, 0) is 50.1 Å². The van der Waals surface area contributed by atoms with E-state index < -0.39 is 0 Å². The van der Waals surface area contributed by atoms with Gasteiger partial charge < -0.3 is 14.8 Å². The fourth-order valence-corrected chi connectivity index (χ4v) is 4.06. The number of imidazole rings is 1. The van der Waals surface area contributed by atoms with Crippen molar-refractivity contribution in [3.8, 4) is 5.69 Å². The Bertz CT molecular complexity index is 1110. The second-order valence-electron chi connectivity index (χ2n) is 8.51. The summed E-state index contributed by atoms with van der Waals surface area (Å²) in [5.41, 5.74) is 1.86. The van der Waals surface area contributed by atoms with Gasteiger partial charge in [-0.2, -0.15) is 4.98 Å². The predicted molar refractivity (Wildman–Crippen MR) is 127 cm³/mol. The van der Waals surface area contributed by atoms with Crippen LogP contribution >= 0.6 is 11.6 Å². The number of nitrogens with zero attached hydrogens (tertiary/aromatic N) is 6. The second kappa shape index (κ2) is 8.78. The first-order chi connectivity index (χ1) is 15.2. The number of carbonyl (C=O) groups excluding carboxylic acids is 1. The molecule has 1 aliphatic heterocycles. The number of benzene rings is 1. The molecule has 0 saturated carbocycles. The summed E-state index contributed by atoms with van der Waals surface area (Å²) in [5.74, 6) is 2.24. The van der Waals surface area contributed by atoms with Gasteiger partial charge in [0.05, 0.1) is 17.8 Å². The van der Waals surface area contributed by atoms with Crippen molar-refractivity contribution in [2.24, 2.45) is 5.92 Å². The summed E-state index contributed by atoms with van der Waals surface area (Å²) in [6.07, 6.45) is 3.67. The highest BCUT2D eigenvalue weighted by atomic mass is 35.5. The number of halogens is 1. The SMILES string of the molecule is Cc1nc([C@H](C)Nc2nccc(N3C(=O)N(C)C[C@@H]3C(C)C)n2)cn1-c1ccc(Cl)cc1. The zero-order valence-electron chi connectivity index (χ0n) is 19.0. The maximum absolute atomic E-state index is 12.7. The third-order valence-electron chi connectivity index (χ3n) is 5.78. The number of rotatable bonds is 6. The van der Waals surface area contributed by atoms with Crippen LogP contribution in [0.2, 0.25) is 5.02 Å². The van der Waals surface area contributed by atoms with E-state index >= 15 is 0 Å². The molecule has 0 aliphatic carbocycles. The van der Waals surface area contributed by atoms with Gasteiger partial charge in [-0.25, -0.2) is 14.8 Å². The number of urea groups is 1. The van der Waals surface area contributed by atoms with Crippen molar-refractivity contribution in [2.75, 3.05) is 23.8 Å². The van der Waals surface area contributed by atoms with E-state index in [0.29, 0.717) is 29.3 Å². The number of hydrogen-bond acceptors (Lipinski definition) is 5. The Morgan fingerprint density at radius 3 is 2.53 bits per heavy atom. The molecule has 1 aliphatic rings. The molecule has 0 radical (unpaired) electrons. The van der Waals surface area contributed by atoms with Crippen molar-refractivity contribution >= 4 is 29.4 Å². The predicted octanol–water partition coefficient (Wildman–Crippen LogP) is 4.69. The average Bonchev–Trinajstić information content (AvgIpc) is 3.29. The molecule has 1 aromatic carbocycles. The standard InChI is InChI=1S/C23H28ClN7O/c1-14(2)20-13-29(5)23(32)31(20)21-10-11-25-22(28-21)26-15(3)19-12-30(16(4)27-19)18-8-6-17(24)7-9-18/h6-12,14-15,20H,13H2,1-5H3,(H,25,26,28)/t15-,20+/m0/s1. The van der Waals surface area contributed by atoms with E-state index in [2.05, 4.69) is 29.1 Å². The number of anilines is 2. The van der Waals surface area contributed by atoms with Crippen LogP contribution in [0.3, 0.4) is 0 Å². The quantitative estimate of drug-likeness (QED) is 0.585. The molecule has 1 fully saturated rings. The van der Waals surface area contributed by atoms with Crippen molar-refractivity contribution in [1.82, 2.24) is 24.4 Å². The van der Waals surface area contributed by atoms with E-state index in [1.807, 2.05) is 55.9 Å². The third kappa shape index (κ3) is 4.27. The number of likely N-dealkylation sites (N-methyl/N-ethyl adjacent to an activating group) is 1. The molecule has 1 N–H and O–H groups in total. The first-order valence-electron chi connectivity index (χ1n) is 10.7. The minimum atomic E-state index is -0.129. The zero-order valence-corrected chi connectivity index (χ0v) is 19.7. The molecule has 3 heterocycles. The Balaban J connectivity index is 1.55. The molecule has 2 amide bonds. The van der Waals surface area contributed by atoms with Gasteiger partial charge in [-0.15, -0.1) is 0 Å². The largest absolute Gasteiger partial charge is 0.346 e. The summed E-state index contributed by atoms with van der Waals surface area (Å²) in [6.45, 7) is 8.89. The lowest BCUT2D eigenvalue weighted by molar-refractivity contribution is 0.229. The lowest BCUT2D eigenvalue weighted by Crippen LogP contribution is -2.38. The summed E-state index contributed by atoms with van der Waals surface area (Å²) in [7, 11) is 1.82. The normalized spacial score (nSPS) is 17.3. The number of hydrogen-bond donors (Lipinski definition) is 1. The van der Waals surface area contributed by atoms with Crippen LogP contribution in [0.25, 0.3) is 5.69 Å². The van der Waals surface area contributed by atoms with E-state index in [1.165, 1.54) is 0 Å². The van der Waals surface area contributed by atoms with Gasteiger partial charge in [0, 0.05) is 36.7 Å². The minimum absolute atomic E-state index is 0.0428. The molecule has 2 aromatic heterocycles. The first kappa shape index (κ1) is 22.1. The van der Waals surface area contributed by atoms with Gasteiger partial charge in [0.2, 0.25) is 5.95 Å². The van der Waals surface area contributed by atoms with Crippen molar-refractivity contribution in [3.63, 3.8) is 0 Å². The lowest BCUT2D eigenvalue weighted by Gasteiger charge is -2.25. The van der Waals surface area contributed by atoms with Crippen molar-refractivity contribution in [3.05, 3.63) is 59.3 Å². The minimum Gasteiger partial charge on any atom is -0.346 e. The van der Waals surface area contributed by atoms with Gasteiger partial charge >= 0.3 is 6.03 Å². The molecule has 0 bridgehead atoms. The van der Waals surface area contributed by atoms with E-state index in [0.717, 1.165) is 17.2 Å². The smallest absolute Gasteiger partial charge is 0.325 e. The highest BCUT2D eigenvalue weighted by Crippen LogP contribution is 2.28. The average molecular weight is 454 g/mol. The number of aromatic nitrogens is 4. The third-order valence-corrected chi connectivity index (χ3v) is 6.03. The Hall–Kier alpha value is -3.13. The van der Waals surface area contributed by atoms with Crippen LogP contribution < -0.4 is 10.2 Å². The van der Waals surface area contributed by atoms with Crippen LogP contribution in [0, 0.1) is 12.8 Å². The summed E-state index contributed by atoms with van der Waals surface area (Å²) < 4.78 is 2.02. The van der Waals surface area contributed by atoms with Crippen LogP contribution in [0.4, 0.5) is 16.6 Å². The molecular weight excluding hydrogens is 426 g/mol. The van der Waals surface area contributed by atoms with Gasteiger partial charge in [0.1, 0.15) is 11.6 Å². The van der Waals surface area contributed by atoms with Crippen molar-refractivity contribution < 1.29 is 4.79 Å². The summed E-state index contributed by atoms with van der Waals surface area (Å²) in [5, 5.41) is 4.02. The number of nitrogens with one attached hydrogen (secondary N) is 1. The van der Waals surface area contributed by atoms with Crippen molar-refractivity contribution in [2.45, 2.75) is 39.8 Å². The highest BCUT2D eigenvalue weighted by Gasteiger charge is 2.38. The van der Waals surface area contributed by atoms with Crippen LogP contribution in [-0.2, 0) is 0 Å². The maximum atomic E-state index is 12.7. The molecular formula is C23H28ClN7O. The fraction of sp³-hybridized carbons (Fsp3) is 0.391. The molecule has 4 rings (SSSR count). The molecule has 32 heavy (non-hydrogen) atoms. The summed E-state index contributed by atoms with van der Waals surface area (Å²) in [6, 6.07) is 9.32. The van der Waals surface area contributed by atoms with Crippen LogP contribution in [0.1, 0.15) is 38.3 Å². The molecule has 3 aromatic rings. The molecule has 1 saturated heterocycles. The lowest BCUT2D eigenvalue weighted by atomic mass is 10.0.